The number of hydrogen-bond donors (Lipinski definition) is 2. The normalized spacial score (nSPS) is 10.7. The molecule has 1 aromatic rings. The van der Waals surface area contributed by atoms with Crippen LogP contribution in [0.5, 0.6) is 5.75 Å². The highest BCUT2D eigenvalue weighted by molar-refractivity contribution is 9.10. The Morgan fingerprint density at radius 3 is 2.45 bits per heavy atom. The summed E-state index contributed by atoms with van der Waals surface area (Å²) < 4.78 is 6.61. The Hall–Kier alpha value is -1.07. The van der Waals surface area contributed by atoms with Crippen molar-refractivity contribution < 1.29 is 14.4 Å². The van der Waals surface area contributed by atoms with E-state index in [1.54, 1.807) is 0 Å². The van der Waals surface area contributed by atoms with Crippen molar-refractivity contribution >= 4 is 21.8 Å². The van der Waals surface area contributed by atoms with E-state index in [4.69, 9.17) is 4.74 Å². The minimum absolute atomic E-state index is 0.0648. The molecule has 0 aliphatic rings. The van der Waals surface area contributed by atoms with E-state index >= 15 is 0 Å². The fourth-order valence-electron chi connectivity index (χ4n) is 1.86. The minimum Gasteiger partial charge on any atom is -0.484 e. The molecule has 1 rings (SSSR count). The lowest BCUT2D eigenvalue weighted by Crippen LogP contribution is -3.05. The van der Waals surface area contributed by atoms with Gasteiger partial charge in [0.15, 0.2) is 6.61 Å². The van der Waals surface area contributed by atoms with Crippen LogP contribution < -0.4 is 15.0 Å². The third-order valence-electron chi connectivity index (χ3n) is 2.96. The van der Waals surface area contributed by atoms with Gasteiger partial charge in [-0.1, -0.05) is 15.9 Å². The number of hydrogen-bond acceptors (Lipinski definition) is 2. The van der Waals surface area contributed by atoms with Crippen molar-refractivity contribution in [1.29, 1.82) is 0 Å². The van der Waals surface area contributed by atoms with E-state index in [1.807, 2.05) is 26.0 Å². The number of ether oxygens (including phenoxy) is 1. The second-order valence-electron chi connectivity index (χ2n) is 5.32. The topological polar surface area (TPSA) is 42.8 Å². The Balaban J connectivity index is 2.34. The number of halogens is 1. The Bertz CT molecular complexity index is 438. The van der Waals surface area contributed by atoms with Crippen LogP contribution in [-0.2, 0) is 4.79 Å². The van der Waals surface area contributed by atoms with Gasteiger partial charge in [0.05, 0.1) is 20.6 Å². The maximum Gasteiger partial charge on any atom is 0.257 e. The molecule has 2 N–H and O–H groups in total. The van der Waals surface area contributed by atoms with Crippen molar-refractivity contribution in [1.82, 2.24) is 5.32 Å². The van der Waals surface area contributed by atoms with Gasteiger partial charge in [0.1, 0.15) is 5.75 Å². The first kappa shape index (κ1) is 17.0. The van der Waals surface area contributed by atoms with Gasteiger partial charge in [-0.2, -0.15) is 0 Å². The van der Waals surface area contributed by atoms with Gasteiger partial charge in [-0.25, -0.2) is 0 Å². The number of carbonyl (C=O) groups excluding carboxylic acids is 1. The van der Waals surface area contributed by atoms with Crippen LogP contribution in [0, 0.1) is 13.8 Å². The molecule has 0 unspecified atom stereocenters. The number of carbonyl (C=O) groups is 1. The molecule has 0 aliphatic heterocycles. The summed E-state index contributed by atoms with van der Waals surface area (Å²) in [6.45, 7) is 5.83. The van der Waals surface area contributed by atoms with Crippen molar-refractivity contribution in [3.63, 3.8) is 0 Å². The Kier molecular flexibility index (Phi) is 7.02. The van der Waals surface area contributed by atoms with Crippen LogP contribution in [0.25, 0.3) is 0 Å². The van der Waals surface area contributed by atoms with Crippen LogP contribution in [0.4, 0.5) is 0 Å². The molecule has 1 aromatic carbocycles. The van der Waals surface area contributed by atoms with E-state index in [2.05, 4.69) is 35.3 Å². The average molecular weight is 344 g/mol. The summed E-state index contributed by atoms with van der Waals surface area (Å²) in [4.78, 5) is 13.0. The molecule has 112 valence electrons. The molecule has 1 amide bonds. The molecule has 0 spiro atoms. The van der Waals surface area contributed by atoms with Gasteiger partial charge >= 0.3 is 0 Å². The molecular weight excluding hydrogens is 320 g/mol. The van der Waals surface area contributed by atoms with Crippen LogP contribution in [0.1, 0.15) is 17.5 Å². The molecule has 0 aromatic heterocycles. The summed E-state index contributed by atoms with van der Waals surface area (Å²) in [5.74, 6) is 0.660. The van der Waals surface area contributed by atoms with E-state index < -0.39 is 0 Å². The van der Waals surface area contributed by atoms with Crippen LogP contribution in [-0.4, -0.2) is 39.7 Å². The SMILES string of the molecule is Cc1cc(OCC(=O)NCCC[NH+](C)C)cc(C)c1Br. The molecule has 0 fully saturated rings. The third kappa shape index (κ3) is 5.92. The smallest absolute Gasteiger partial charge is 0.257 e. The summed E-state index contributed by atoms with van der Waals surface area (Å²) in [5.41, 5.74) is 2.21. The lowest BCUT2D eigenvalue weighted by molar-refractivity contribution is -0.858. The van der Waals surface area contributed by atoms with E-state index in [9.17, 15) is 4.79 Å². The highest BCUT2D eigenvalue weighted by Crippen LogP contribution is 2.26. The average Bonchev–Trinajstić information content (AvgIpc) is 2.38. The number of quaternary nitrogens is 1. The summed E-state index contributed by atoms with van der Waals surface area (Å²) in [6, 6.07) is 3.86. The third-order valence-corrected chi connectivity index (χ3v) is 4.21. The Morgan fingerprint density at radius 2 is 1.90 bits per heavy atom. The minimum atomic E-state index is -0.0722. The molecule has 0 heterocycles. The van der Waals surface area contributed by atoms with Crippen LogP contribution in [0.3, 0.4) is 0 Å². The second kappa shape index (κ2) is 8.27. The Labute approximate surface area is 129 Å². The molecule has 0 radical (unpaired) electrons. The number of rotatable bonds is 7. The number of aryl methyl sites for hydroxylation is 2. The summed E-state index contributed by atoms with van der Waals surface area (Å²) in [6.07, 6.45) is 0.977. The van der Waals surface area contributed by atoms with Gasteiger partial charge in [0, 0.05) is 17.4 Å². The van der Waals surface area contributed by atoms with E-state index in [-0.39, 0.29) is 12.5 Å². The standard InChI is InChI=1S/C15H23BrN2O2/c1-11-8-13(9-12(2)15(11)16)20-10-14(19)17-6-5-7-18(3)4/h8-9H,5-7,10H2,1-4H3,(H,17,19)/p+1. The molecule has 5 heteroatoms. The van der Waals surface area contributed by atoms with Crippen LogP contribution in [0.15, 0.2) is 16.6 Å². The van der Waals surface area contributed by atoms with E-state index in [0.29, 0.717) is 6.54 Å². The Morgan fingerprint density at radius 1 is 1.30 bits per heavy atom. The van der Waals surface area contributed by atoms with Crippen molar-refractivity contribution in [2.75, 3.05) is 33.8 Å². The zero-order valence-corrected chi connectivity index (χ0v) is 14.3. The lowest BCUT2D eigenvalue weighted by Gasteiger charge is -2.11. The number of nitrogens with one attached hydrogen (secondary N) is 2. The fraction of sp³-hybridized carbons (Fsp3) is 0.533. The highest BCUT2D eigenvalue weighted by Gasteiger charge is 2.06. The van der Waals surface area contributed by atoms with Crippen LogP contribution >= 0.6 is 15.9 Å². The summed E-state index contributed by atoms with van der Waals surface area (Å²) >= 11 is 3.51. The van der Waals surface area contributed by atoms with Crippen molar-refractivity contribution in [3.8, 4) is 5.75 Å². The summed E-state index contributed by atoms with van der Waals surface area (Å²) in [7, 11) is 4.20. The molecule has 0 aliphatic carbocycles. The monoisotopic (exact) mass is 343 g/mol. The first-order chi connectivity index (χ1) is 9.40. The lowest BCUT2D eigenvalue weighted by atomic mass is 10.1. The fourth-order valence-corrected chi connectivity index (χ4v) is 2.09. The van der Waals surface area contributed by atoms with Gasteiger partial charge in [0.2, 0.25) is 0 Å². The predicted molar refractivity (Wildman–Crippen MR) is 84.4 cm³/mol. The zero-order valence-electron chi connectivity index (χ0n) is 12.7. The summed E-state index contributed by atoms with van der Waals surface area (Å²) in [5, 5.41) is 2.86. The molecule has 20 heavy (non-hydrogen) atoms. The van der Waals surface area contributed by atoms with Gasteiger partial charge in [-0.15, -0.1) is 0 Å². The van der Waals surface area contributed by atoms with Crippen LogP contribution in [0.2, 0.25) is 0 Å². The van der Waals surface area contributed by atoms with Crippen molar-refractivity contribution in [2.45, 2.75) is 20.3 Å². The van der Waals surface area contributed by atoms with Gasteiger partial charge in [-0.3, -0.25) is 4.79 Å². The molecule has 0 saturated carbocycles. The van der Waals surface area contributed by atoms with Crippen molar-refractivity contribution in [3.05, 3.63) is 27.7 Å². The number of benzene rings is 1. The van der Waals surface area contributed by atoms with Gasteiger partial charge in [-0.05, 0) is 37.1 Å². The first-order valence-corrected chi connectivity index (χ1v) is 7.64. The molecule has 0 bridgehead atoms. The molecular formula is C15H24BrN2O2+. The quantitative estimate of drug-likeness (QED) is 0.728. The van der Waals surface area contributed by atoms with Gasteiger partial charge < -0.3 is 15.0 Å². The van der Waals surface area contributed by atoms with E-state index in [0.717, 1.165) is 34.3 Å². The second-order valence-corrected chi connectivity index (χ2v) is 6.11. The largest absolute Gasteiger partial charge is 0.484 e. The van der Waals surface area contributed by atoms with Gasteiger partial charge in [0.25, 0.3) is 5.91 Å². The molecule has 4 nitrogen and oxygen atoms in total. The zero-order chi connectivity index (χ0) is 15.1. The maximum atomic E-state index is 11.6. The number of amides is 1. The van der Waals surface area contributed by atoms with E-state index in [1.165, 1.54) is 4.90 Å². The maximum absolute atomic E-state index is 11.6. The van der Waals surface area contributed by atoms with Crippen molar-refractivity contribution in [2.24, 2.45) is 0 Å². The first-order valence-electron chi connectivity index (χ1n) is 6.85. The molecule has 0 atom stereocenters. The molecule has 0 saturated heterocycles. The highest BCUT2D eigenvalue weighted by atomic mass is 79.9. The predicted octanol–water partition coefficient (Wildman–Crippen LogP) is 1.10.